The van der Waals surface area contributed by atoms with Crippen molar-refractivity contribution in [1.82, 2.24) is 15.6 Å². The highest BCUT2D eigenvalue weighted by atomic mass is 35.5. The van der Waals surface area contributed by atoms with Crippen LogP contribution in [0.4, 0.5) is 0 Å². The average Bonchev–Trinajstić information content (AvgIpc) is 2.79. The smallest absolute Gasteiger partial charge is 0.326 e. The number of benzene rings is 1. The fourth-order valence-corrected chi connectivity index (χ4v) is 4.14. The Kier molecular flexibility index (Phi) is 8.41. The Labute approximate surface area is 200 Å². The van der Waals surface area contributed by atoms with Gasteiger partial charge in [-0.25, -0.2) is 9.78 Å². The zero-order valence-electron chi connectivity index (χ0n) is 17.7. The standard InChI is InChI=1S/C23H23Cl2N3O5/c24-15-5-3-6-16(25)20(15)22(31)28-19(23(32)33)11-9-14(29)12-26-21(30)18-10-8-13-4-1-2-7-17(13)27-18/h3,5-6,8,10,19H,1-2,4,7,9,11-12H2,(H,26,30)(H,28,31)(H,32,33)/t19-/m0/s1. The Morgan fingerprint density at radius 3 is 2.39 bits per heavy atom. The van der Waals surface area contributed by atoms with E-state index >= 15 is 0 Å². The van der Waals surface area contributed by atoms with Crippen LogP contribution in [0.1, 0.15) is 57.8 Å². The molecule has 0 aliphatic heterocycles. The van der Waals surface area contributed by atoms with E-state index in [-0.39, 0.29) is 46.5 Å². The van der Waals surface area contributed by atoms with Crippen molar-refractivity contribution in [2.45, 2.75) is 44.6 Å². The van der Waals surface area contributed by atoms with Crippen LogP contribution in [0, 0.1) is 0 Å². The minimum atomic E-state index is -1.33. The van der Waals surface area contributed by atoms with Gasteiger partial charge in [0.05, 0.1) is 22.2 Å². The van der Waals surface area contributed by atoms with Crippen LogP contribution in [0.15, 0.2) is 30.3 Å². The molecule has 0 bridgehead atoms. The van der Waals surface area contributed by atoms with Crippen LogP contribution >= 0.6 is 23.2 Å². The molecule has 2 aromatic rings. The van der Waals surface area contributed by atoms with Crippen LogP contribution in [0.5, 0.6) is 0 Å². The van der Waals surface area contributed by atoms with Crippen LogP contribution in [0.25, 0.3) is 0 Å². The first kappa shape index (κ1) is 24.7. The lowest BCUT2D eigenvalue weighted by atomic mass is 9.96. The lowest BCUT2D eigenvalue weighted by Crippen LogP contribution is -2.41. The number of amides is 2. The monoisotopic (exact) mass is 491 g/mol. The molecular weight excluding hydrogens is 469 g/mol. The van der Waals surface area contributed by atoms with E-state index in [1.54, 1.807) is 12.1 Å². The number of halogens is 2. The number of nitrogens with zero attached hydrogens (tertiary/aromatic N) is 1. The number of carbonyl (C=O) groups is 4. The minimum absolute atomic E-state index is 0.0387. The van der Waals surface area contributed by atoms with Gasteiger partial charge in [0, 0.05) is 12.1 Å². The van der Waals surface area contributed by atoms with Crippen molar-refractivity contribution in [3.05, 3.63) is 62.9 Å². The van der Waals surface area contributed by atoms with Gasteiger partial charge in [0.15, 0.2) is 5.78 Å². The van der Waals surface area contributed by atoms with Crippen LogP contribution in [-0.4, -0.2) is 46.2 Å². The number of pyridine rings is 1. The average molecular weight is 492 g/mol. The number of aryl methyl sites for hydroxylation is 2. The fourth-order valence-electron chi connectivity index (χ4n) is 3.57. The summed E-state index contributed by atoms with van der Waals surface area (Å²) in [5.41, 5.74) is 2.27. The van der Waals surface area contributed by atoms with Gasteiger partial charge in [-0.2, -0.15) is 0 Å². The quantitative estimate of drug-likeness (QED) is 0.494. The van der Waals surface area contributed by atoms with Crippen molar-refractivity contribution in [3.63, 3.8) is 0 Å². The number of Topliss-reactive ketones (excluding diaryl/α,β-unsaturated/α-hetero) is 1. The van der Waals surface area contributed by atoms with Crippen molar-refractivity contribution in [1.29, 1.82) is 0 Å². The summed E-state index contributed by atoms with van der Waals surface area (Å²) in [4.78, 5) is 52.9. The van der Waals surface area contributed by atoms with E-state index in [0.717, 1.165) is 36.9 Å². The van der Waals surface area contributed by atoms with Gasteiger partial charge < -0.3 is 15.7 Å². The number of hydrogen-bond acceptors (Lipinski definition) is 5. The maximum atomic E-state index is 12.4. The molecule has 2 amide bonds. The molecule has 8 nitrogen and oxygen atoms in total. The summed E-state index contributed by atoms with van der Waals surface area (Å²) < 4.78 is 0. The first-order valence-electron chi connectivity index (χ1n) is 10.5. The molecule has 0 spiro atoms. The molecule has 33 heavy (non-hydrogen) atoms. The molecule has 1 heterocycles. The molecule has 1 aromatic heterocycles. The number of aromatic nitrogens is 1. The Hall–Kier alpha value is -2.97. The number of nitrogens with one attached hydrogen (secondary N) is 2. The van der Waals surface area contributed by atoms with E-state index in [2.05, 4.69) is 15.6 Å². The first-order valence-corrected chi connectivity index (χ1v) is 11.3. The Morgan fingerprint density at radius 2 is 1.70 bits per heavy atom. The zero-order chi connectivity index (χ0) is 24.0. The van der Waals surface area contributed by atoms with Gasteiger partial charge in [0.2, 0.25) is 0 Å². The Morgan fingerprint density at radius 1 is 1.00 bits per heavy atom. The molecular formula is C23H23Cl2N3O5. The summed E-state index contributed by atoms with van der Waals surface area (Å²) in [7, 11) is 0. The minimum Gasteiger partial charge on any atom is -0.480 e. The molecule has 3 rings (SSSR count). The number of ketones is 1. The zero-order valence-corrected chi connectivity index (χ0v) is 19.2. The predicted molar refractivity (Wildman–Crippen MR) is 123 cm³/mol. The molecule has 1 atom stereocenters. The molecule has 0 unspecified atom stereocenters. The maximum Gasteiger partial charge on any atom is 0.326 e. The van der Waals surface area contributed by atoms with Gasteiger partial charge in [0.1, 0.15) is 11.7 Å². The van der Waals surface area contributed by atoms with Gasteiger partial charge in [-0.05, 0) is 55.9 Å². The SMILES string of the molecule is O=C(CC[C@H](NC(=O)c1c(Cl)cccc1Cl)C(=O)O)CNC(=O)c1ccc2c(n1)CCCC2. The lowest BCUT2D eigenvalue weighted by molar-refractivity contribution is -0.139. The lowest BCUT2D eigenvalue weighted by Gasteiger charge is -2.16. The van der Waals surface area contributed by atoms with Crippen LogP contribution in [-0.2, 0) is 22.4 Å². The molecule has 0 saturated heterocycles. The number of carboxylic acids is 1. The molecule has 0 radical (unpaired) electrons. The topological polar surface area (TPSA) is 125 Å². The highest BCUT2D eigenvalue weighted by molar-refractivity contribution is 6.39. The number of rotatable bonds is 9. The molecule has 1 aliphatic carbocycles. The van der Waals surface area contributed by atoms with E-state index in [0.29, 0.717) is 0 Å². The number of fused-ring (bicyclic) bond motifs is 1. The normalized spacial score (nSPS) is 13.5. The van der Waals surface area contributed by atoms with E-state index in [1.807, 2.05) is 6.07 Å². The second-order valence-electron chi connectivity index (χ2n) is 7.73. The Balaban J connectivity index is 1.51. The summed E-state index contributed by atoms with van der Waals surface area (Å²) in [5, 5.41) is 14.4. The van der Waals surface area contributed by atoms with Crippen LogP contribution in [0.2, 0.25) is 10.0 Å². The molecule has 1 aliphatic rings. The molecule has 0 saturated carbocycles. The van der Waals surface area contributed by atoms with Gasteiger partial charge in [0.25, 0.3) is 11.8 Å². The third-order valence-corrected chi connectivity index (χ3v) is 5.99. The second-order valence-corrected chi connectivity index (χ2v) is 8.54. The van der Waals surface area contributed by atoms with Crippen LogP contribution in [0.3, 0.4) is 0 Å². The molecule has 3 N–H and O–H groups in total. The molecule has 1 aromatic carbocycles. The molecule has 10 heteroatoms. The van der Waals surface area contributed by atoms with Crippen molar-refractivity contribution < 1.29 is 24.3 Å². The van der Waals surface area contributed by atoms with Gasteiger partial charge in [-0.3, -0.25) is 14.4 Å². The van der Waals surface area contributed by atoms with E-state index < -0.39 is 23.8 Å². The van der Waals surface area contributed by atoms with E-state index in [4.69, 9.17) is 23.2 Å². The van der Waals surface area contributed by atoms with Crippen molar-refractivity contribution >= 4 is 46.8 Å². The number of carbonyl (C=O) groups excluding carboxylic acids is 3. The van der Waals surface area contributed by atoms with Gasteiger partial charge in [-0.15, -0.1) is 0 Å². The Bertz CT molecular complexity index is 1070. The summed E-state index contributed by atoms with van der Waals surface area (Å²) in [6.07, 6.45) is 3.61. The van der Waals surface area contributed by atoms with Crippen molar-refractivity contribution in [2.75, 3.05) is 6.54 Å². The molecule has 174 valence electrons. The third-order valence-electron chi connectivity index (χ3n) is 5.36. The number of carboxylic acid groups (broad SMARTS) is 1. The maximum absolute atomic E-state index is 12.4. The van der Waals surface area contributed by atoms with Gasteiger partial charge in [-0.1, -0.05) is 35.3 Å². The van der Waals surface area contributed by atoms with Gasteiger partial charge >= 0.3 is 5.97 Å². The summed E-state index contributed by atoms with van der Waals surface area (Å²) in [6, 6.07) is 6.68. The fraction of sp³-hybridized carbons (Fsp3) is 0.348. The number of hydrogen-bond donors (Lipinski definition) is 3. The highest BCUT2D eigenvalue weighted by Crippen LogP contribution is 2.24. The van der Waals surface area contributed by atoms with Crippen LogP contribution < -0.4 is 10.6 Å². The first-order chi connectivity index (χ1) is 15.8. The number of aliphatic carboxylic acids is 1. The third kappa shape index (κ3) is 6.52. The second kappa shape index (κ2) is 11.2. The van der Waals surface area contributed by atoms with E-state index in [9.17, 15) is 24.3 Å². The summed E-state index contributed by atoms with van der Waals surface area (Å²) in [6.45, 7) is -0.270. The summed E-state index contributed by atoms with van der Waals surface area (Å²) >= 11 is 12.0. The van der Waals surface area contributed by atoms with Crippen molar-refractivity contribution in [2.24, 2.45) is 0 Å². The summed E-state index contributed by atoms with van der Waals surface area (Å²) in [5.74, 6) is -2.90. The van der Waals surface area contributed by atoms with Crippen molar-refractivity contribution in [3.8, 4) is 0 Å². The van der Waals surface area contributed by atoms with E-state index in [1.165, 1.54) is 12.1 Å². The largest absolute Gasteiger partial charge is 0.480 e. The predicted octanol–water partition coefficient (Wildman–Crippen LogP) is 3.23. The highest BCUT2D eigenvalue weighted by Gasteiger charge is 2.24. The molecule has 0 fully saturated rings.